The molecule has 5 rings (SSSR count). The smallest absolute Gasteiger partial charge is 0.262 e. The third-order valence-electron chi connectivity index (χ3n) is 5.18. The van der Waals surface area contributed by atoms with E-state index in [-0.39, 0.29) is 17.2 Å². The Kier molecular flexibility index (Phi) is 4.51. The summed E-state index contributed by atoms with van der Waals surface area (Å²) in [5, 5.41) is 5.85. The molecule has 1 saturated carbocycles. The molecule has 150 valence electrons. The quantitative estimate of drug-likeness (QED) is 0.502. The van der Waals surface area contributed by atoms with Crippen LogP contribution in [-0.2, 0) is 11.8 Å². The summed E-state index contributed by atoms with van der Waals surface area (Å²) >= 11 is 2.65. The van der Waals surface area contributed by atoms with Gasteiger partial charge in [0.15, 0.2) is 16.7 Å². The number of ether oxygens (including phenoxy) is 2. The fraction of sp³-hybridized carbons (Fsp3) is 0.350. The van der Waals surface area contributed by atoms with Gasteiger partial charge in [0.25, 0.3) is 11.3 Å². The minimum Gasteiger partial charge on any atom is -0.448 e. The van der Waals surface area contributed by atoms with E-state index in [1.165, 1.54) is 27.7 Å². The summed E-state index contributed by atoms with van der Waals surface area (Å²) in [6, 6.07) is 7.22. The number of carbonyl (C=O) groups is 1. The number of fused-ring (bicyclic) bond motifs is 2. The second-order valence-electron chi connectivity index (χ2n) is 7.22. The molecule has 0 atom stereocenters. The van der Waals surface area contributed by atoms with E-state index in [0.29, 0.717) is 26.8 Å². The van der Waals surface area contributed by atoms with Crippen molar-refractivity contribution in [3.05, 3.63) is 40.0 Å². The summed E-state index contributed by atoms with van der Waals surface area (Å²) < 4.78 is 13.5. The number of hydrogen-bond donors (Lipinski definition) is 1. The predicted octanol–water partition coefficient (Wildman–Crippen LogP) is 3.77. The first-order valence-electron chi connectivity index (χ1n) is 9.42. The van der Waals surface area contributed by atoms with Crippen LogP contribution in [0.15, 0.2) is 39.6 Å². The predicted molar refractivity (Wildman–Crippen MR) is 113 cm³/mol. The Bertz CT molecular complexity index is 1160. The second kappa shape index (κ2) is 7.07. The van der Waals surface area contributed by atoms with Crippen molar-refractivity contribution in [3.8, 4) is 11.5 Å². The Morgan fingerprint density at radius 2 is 2.07 bits per heavy atom. The van der Waals surface area contributed by atoms with E-state index < -0.39 is 5.79 Å². The number of hydrogen-bond acceptors (Lipinski definition) is 7. The normalized spacial score (nSPS) is 16.6. The summed E-state index contributed by atoms with van der Waals surface area (Å²) in [6.45, 7) is 0. The molecule has 29 heavy (non-hydrogen) atoms. The van der Waals surface area contributed by atoms with Crippen LogP contribution in [0, 0.1) is 0 Å². The molecule has 2 aliphatic rings. The number of benzene rings is 1. The maximum Gasteiger partial charge on any atom is 0.262 e. The summed E-state index contributed by atoms with van der Waals surface area (Å²) in [7, 11) is 1.67. The highest BCUT2D eigenvalue weighted by atomic mass is 32.2. The van der Waals surface area contributed by atoms with Crippen LogP contribution in [0.25, 0.3) is 10.2 Å². The highest BCUT2D eigenvalue weighted by molar-refractivity contribution is 7.99. The van der Waals surface area contributed by atoms with E-state index in [1.54, 1.807) is 19.2 Å². The third kappa shape index (κ3) is 3.38. The molecule has 1 N–H and O–H groups in total. The van der Waals surface area contributed by atoms with Crippen LogP contribution in [0.4, 0.5) is 5.69 Å². The van der Waals surface area contributed by atoms with Gasteiger partial charge in [0, 0.05) is 31.6 Å². The maximum absolute atomic E-state index is 12.4. The van der Waals surface area contributed by atoms with Crippen LogP contribution in [0.2, 0.25) is 0 Å². The van der Waals surface area contributed by atoms with Gasteiger partial charge in [-0.25, -0.2) is 4.98 Å². The zero-order chi connectivity index (χ0) is 20.0. The molecule has 0 saturated heterocycles. The van der Waals surface area contributed by atoms with E-state index in [0.717, 1.165) is 31.4 Å². The van der Waals surface area contributed by atoms with Crippen LogP contribution < -0.4 is 20.3 Å². The van der Waals surface area contributed by atoms with Crippen molar-refractivity contribution >= 4 is 44.9 Å². The SMILES string of the molecule is Cn1c(SCC(=O)Nc2ccc3c(c2)OC2(CCCC2)O3)nc2sccc2c1=O. The van der Waals surface area contributed by atoms with Crippen molar-refractivity contribution in [1.29, 1.82) is 0 Å². The topological polar surface area (TPSA) is 82.5 Å². The first-order chi connectivity index (χ1) is 14.0. The average molecular weight is 430 g/mol. The number of thioether (sulfide) groups is 1. The Hall–Kier alpha value is -2.52. The zero-order valence-corrected chi connectivity index (χ0v) is 17.4. The van der Waals surface area contributed by atoms with Gasteiger partial charge in [-0.05, 0) is 36.4 Å². The minimum atomic E-state index is -0.516. The number of carbonyl (C=O) groups excluding carboxylic acids is 1. The fourth-order valence-corrected chi connectivity index (χ4v) is 5.30. The molecule has 0 radical (unpaired) electrons. The Morgan fingerprint density at radius 1 is 1.28 bits per heavy atom. The molecule has 1 spiro atoms. The number of amides is 1. The zero-order valence-electron chi connectivity index (χ0n) is 15.8. The summed E-state index contributed by atoms with van der Waals surface area (Å²) in [5.41, 5.74) is 0.555. The van der Waals surface area contributed by atoms with Crippen molar-refractivity contribution in [1.82, 2.24) is 9.55 Å². The molecule has 0 bridgehead atoms. The van der Waals surface area contributed by atoms with E-state index >= 15 is 0 Å². The maximum atomic E-state index is 12.4. The highest BCUT2D eigenvalue weighted by Crippen LogP contribution is 2.47. The van der Waals surface area contributed by atoms with Crippen molar-refractivity contribution in [3.63, 3.8) is 0 Å². The van der Waals surface area contributed by atoms with Gasteiger partial charge < -0.3 is 14.8 Å². The number of rotatable bonds is 4. The lowest BCUT2D eigenvalue weighted by atomic mass is 10.2. The van der Waals surface area contributed by atoms with Gasteiger partial charge in [0.1, 0.15) is 4.83 Å². The van der Waals surface area contributed by atoms with E-state index in [2.05, 4.69) is 10.3 Å². The first kappa shape index (κ1) is 18.5. The van der Waals surface area contributed by atoms with Crippen LogP contribution in [0.1, 0.15) is 25.7 Å². The van der Waals surface area contributed by atoms with Gasteiger partial charge in [0.2, 0.25) is 5.91 Å². The largest absolute Gasteiger partial charge is 0.448 e. The standard InChI is InChI=1S/C20H19N3O4S2/c1-23-18(25)13-6-9-28-17(13)22-19(23)29-11-16(24)21-12-4-5-14-15(10-12)27-20(26-14)7-2-3-8-20/h4-6,9-10H,2-3,7-8,11H2,1H3,(H,21,24). The third-order valence-corrected chi connectivity index (χ3v) is 7.02. The van der Waals surface area contributed by atoms with Gasteiger partial charge >= 0.3 is 0 Å². The van der Waals surface area contributed by atoms with Crippen LogP contribution in [0.5, 0.6) is 11.5 Å². The van der Waals surface area contributed by atoms with Gasteiger partial charge in [0.05, 0.1) is 11.1 Å². The van der Waals surface area contributed by atoms with Gasteiger partial charge in [-0.15, -0.1) is 11.3 Å². The lowest BCUT2D eigenvalue weighted by Crippen LogP contribution is -2.34. The van der Waals surface area contributed by atoms with Gasteiger partial charge in [-0.1, -0.05) is 11.8 Å². The van der Waals surface area contributed by atoms with Crippen LogP contribution in [-0.4, -0.2) is 27.0 Å². The van der Waals surface area contributed by atoms with E-state index in [9.17, 15) is 9.59 Å². The minimum absolute atomic E-state index is 0.101. The van der Waals surface area contributed by atoms with Crippen molar-refractivity contribution in [2.24, 2.45) is 7.05 Å². The van der Waals surface area contributed by atoms with E-state index in [1.807, 2.05) is 17.5 Å². The molecule has 9 heteroatoms. The highest BCUT2D eigenvalue weighted by Gasteiger charge is 2.44. The number of thiophene rings is 1. The Labute approximate surface area is 175 Å². The van der Waals surface area contributed by atoms with Crippen molar-refractivity contribution < 1.29 is 14.3 Å². The fourth-order valence-electron chi connectivity index (χ4n) is 3.73. The van der Waals surface area contributed by atoms with Crippen LogP contribution >= 0.6 is 23.1 Å². The van der Waals surface area contributed by atoms with Gasteiger partial charge in [-0.3, -0.25) is 14.2 Å². The molecule has 1 aromatic carbocycles. The molecule has 1 aliphatic heterocycles. The summed E-state index contributed by atoms with van der Waals surface area (Å²) in [4.78, 5) is 30.0. The van der Waals surface area contributed by atoms with Crippen molar-refractivity contribution in [2.45, 2.75) is 36.6 Å². The van der Waals surface area contributed by atoms with E-state index in [4.69, 9.17) is 9.47 Å². The molecule has 1 amide bonds. The second-order valence-corrected chi connectivity index (χ2v) is 9.06. The molecule has 3 heterocycles. The first-order valence-corrected chi connectivity index (χ1v) is 11.3. The molecular formula is C20H19N3O4S2. The molecule has 2 aromatic heterocycles. The van der Waals surface area contributed by atoms with Crippen molar-refractivity contribution in [2.75, 3.05) is 11.1 Å². The number of anilines is 1. The summed E-state index contributed by atoms with van der Waals surface area (Å²) in [5.74, 6) is 0.852. The van der Waals surface area contributed by atoms with Gasteiger partial charge in [-0.2, -0.15) is 0 Å². The lowest BCUT2D eigenvalue weighted by molar-refractivity contribution is -0.113. The average Bonchev–Trinajstić information content (AvgIpc) is 3.43. The number of aromatic nitrogens is 2. The molecule has 3 aromatic rings. The molecule has 7 nitrogen and oxygen atoms in total. The molecule has 1 fully saturated rings. The van der Waals surface area contributed by atoms with Crippen LogP contribution in [0.3, 0.4) is 0 Å². The monoisotopic (exact) mass is 429 g/mol. The molecule has 0 unspecified atom stereocenters. The molecular weight excluding hydrogens is 410 g/mol. The number of nitrogens with one attached hydrogen (secondary N) is 1. The summed E-state index contributed by atoms with van der Waals surface area (Å²) in [6.07, 6.45) is 3.98. The lowest BCUT2D eigenvalue weighted by Gasteiger charge is -2.21. The number of nitrogens with zero attached hydrogens (tertiary/aromatic N) is 2. The Balaban J connectivity index is 1.25. The Morgan fingerprint density at radius 3 is 2.90 bits per heavy atom. The molecule has 1 aliphatic carbocycles.